The number of nitrogens with zero attached hydrogens (tertiary/aromatic N) is 10. The molecule has 0 aliphatic carbocycles. The number of fused-ring (bicyclic) bond motifs is 17. The van der Waals surface area contributed by atoms with Crippen molar-refractivity contribution in [3.63, 3.8) is 0 Å². The number of rotatable bonds is 5. The van der Waals surface area contributed by atoms with Crippen molar-refractivity contribution in [3.05, 3.63) is 298 Å². The van der Waals surface area contributed by atoms with Gasteiger partial charge in [-0.1, -0.05) is 236 Å². The quantitative estimate of drug-likeness (QED) is 0.126. The van der Waals surface area contributed by atoms with Crippen molar-refractivity contribution in [1.29, 1.82) is 0 Å². The predicted molar refractivity (Wildman–Crippen MR) is 436 cm³/mol. The SMILES string of the molecule is CC(C)(C)c1cc2c3c(c1)C(C)(C)c1cccnc1N3c1[c-]c(N(c3[c-]c4c(cc3)C(C)(C)c3cc(C(C)(C)C)cc5c6cccnc6n-4c35)c3ccccc3)ccc1C2(C)C.CC(C)(C)c1cc2c3c(c1)c1ccc(-n4c5[c-]c(-n6cccn6)ccc5c5ccccc54)[c-]c1n3-c1ncccc1C2(C)C.[Pd+2].[Pd+2]. The molecule has 0 spiro atoms. The molecule has 7 aromatic heterocycles. The summed E-state index contributed by atoms with van der Waals surface area (Å²) in [5.41, 5.74) is 27.8. The van der Waals surface area contributed by atoms with E-state index < -0.39 is 0 Å². The zero-order chi connectivity index (χ0) is 73.4. The molecule has 11 heterocycles. The Morgan fingerprint density at radius 3 is 1.48 bits per heavy atom. The van der Waals surface area contributed by atoms with Crippen molar-refractivity contribution in [2.45, 2.75) is 156 Å². The minimum absolute atomic E-state index is 0. The van der Waals surface area contributed by atoms with E-state index in [-0.39, 0.29) is 78.8 Å². The van der Waals surface area contributed by atoms with E-state index >= 15 is 0 Å². The molecule has 20 rings (SSSR count). The van der Waals surface area contributed by atoms with Crippen LogP contribution in [0.25, 0.3) is 88.4 Å². The summed E-state index contributed by atoms with van der Waals surface area (Å²) in [6.45, 7) is 39.7. The van der Waals surface area contributed by atoms with E-state index in [1.54, 1.807) is 6.20 Å². The van der Waals surface area contributed by atoms with E-state index in [9.17, 15) is 0 Å². The minimum atomic E-state index is -0.302. The molecule has 16 aromatic rings. The molecular weight excluding hydrogens is 1510 g/mol. The average molecular weight is 1590 g/mol. The molecule has 0 bridgehead atoms. The Morgan fingerprint density at radius 2 is 0.843 bits per heavy atom. The van der Waals surface area contributed by atoms with E-state index in [1.165, 1.54) is 99.5 Å². The van der Waals surface area contributed by atoms with Crippen LogP contribution in [0.3, 0.4) is 0 Å². The van der Waals surface area contributed by atoms with Crippen molar-refractivity contribution < 1.29 is 40.8 Å². The molecular formula is C96H86N10Pd2. The average Bonchev–Trinajstić information content (AvgIpc) is 1.15. The minimum Gasteiger partial charge on any atom is -0.358 e. The van der Waals surface area contributed by atoms with Crippen LogP contribution in [-0.4, -0.2) is 38.4 Å². The Hall–Kier alpha value is -10.0. The number of benzene rings is 9. The standard InChI is InChI=1S/C57H55N5.C39H31N5.2Pd/c1-53(2,3)34-28-40-39-20-16-26-58-51(39)61-47-32-37(22-24-41(47)55(7,8)44(29-34)49(40)61)60(36-18-14-13-15-19-36)38-23-25-42-48(33-38)62-50-45(56(42,9)10)30-35(54(4,5)6)31-46(50)57(11,12)43-21-17-27-59-52(43)62;1-38(2,3)24-20-30-29-16-14-26(23-35(29)44-36(30)32(21-24)39(4,5)31-11-8-17-40-37(31)44)43-33-12-7-6-10-27(33)28-15-13-25(22-34(28)43)42-19-9-18-41-42;;/h13-31H,1-12H3;6-21H,1-5H3;;/q2*-2;2*+2. The van der Waals surface area contributed by atoms with E-state index in [4.69, 9.17) is 15.0 Å². The maximum Gasteiger partial charge on any atom is 2.00 e. The van der Waals surface area contributed by atoms with Crippen LogP contribution in [0.5, 0.6) is 0 Å². The molecule has 12 heteroatoms. The summed E-state index contributed by atoms with van der Waals surface area (Å²) in [4.78, 5) is 20.0. The molecule has 10 nitrogen and oxygen atoms in total. The molecule has 0 radical (unpaired) electrons. The fraction of sp³-hybridized carbons (Fsp3) is 0.250. The van der Waals surface area contributed by atoms with Gasteiger partial charge in [-0.15, -0.1) is 70.4 Å². The van der Waals surface area contributed by atoms with Crippen LogP contribution in [0.2, 0.25) is 0 Å². The fourth-order valence-corrected chi connectivity index (χ4v) is 17.9. The summed E-state index contributed by atoms with van der Waals surface area (Å²) in [7, 11) is 0. The van der Waals surface area contributed by atoms with Gasteiger partial charge in [0.15, 0.2) is 0 Å². The molecule has 0 fully saturated rings. The second-order valence-corrected chi connectivity index (χ2v) is 35.0. The Bertz CT molecular complexity index is 6400. The maximum atomic E-state index is 5.16. The number of aromatic nitrogens is 8. The molecule has 4 aliphatic rings. The third-order valence-corrected chi connectivity index (χ3v) is 24.0. The summed E-state index contributed by atoms with van der Waals surface area (Å²) in [6.07, 6.45) is 9.51. The first kappa shape index (κ1) is 70.9. The van der Waals surface area contributed by atoms with Crippen molar-refractivity contribution in [3.8, 4) is 22.9 Å². The van der Waals surface area contributed by atoms with Crippen molar-refractivity contribution in [2.75, 3.05) is 9.80 Å². The number of hydrogen-bond acceptors (Lipinski definition) is 6. The van der Waals surface area contributed by atoms with Gasteiger partial charge in [0.2, 0.25) is 0 Å². The van der Waals surface area contributed by atoms with Crippen LogP contribution in [0.15, 0.2) is 213 Å². The smallest absolute Gasteiger partial charge is 0.358 e. The van der Waals surface area contributed by atoms with Gasteiger partial charge in [-0.05, 0) is 137 Å². The van der Waals surface area contributed by atoms with E-state index in [0.29, 0.717) is 0 Å². The molecule has 0 saturated heterocycles. The molecule has 0 saturated carbocycles. The van der Waals surface area contributed by atoms with Gasteiger partial charge < -0.3 is 23.5 Å². The first-order valence-electron chi connectivity index (χ1n) is 37.4. The molecule has 108 heavy (non-hydrogen) atoms. The summed E-state index contributed by atoms with van der Waals surface area (Å²) < 4.78 is 8.87. The van der Waals surface area contributed by atoms with Crippen LogP contribution in [0.4, 0.5) is 34.3 Å². The first-order chi connectivity index (χ1) is 50.5. The van der Waals surface area contributed by atoms with E-state index in [1.807, 2.05) is 35.5 Å². The van der Waals surface area contributed by atoms with E-state index in [2.05, 4.69) is 346 Å². The maximum absolute atomic E-state index is 5.16. The summed E-state index contributed by atoms with van der Waals surface area (Å²) in [5.74, 6) is 1.95. The van der Waals surface area contributed by atoms with E-state index in [0.717, 1.165) is 84.4 Å². The molecule has 0 amide bonds. The molecule has 9 aromatic carbocycles. The van der Waals surface area contributed by atoms with Gasteiger partial charge in [0, 0.05) is 80.4 Å². The first-order valence-corrected chi connectivity index (χ1v) is 37.4. The second-order valence-electron chi connectivity index (χ2n) is 35.0. The van der Waals surface area contributed by atoms with Crippen LogP contribution in [0, 0.1) is 24.3 Å². The molecule has 0 N–H and O–H groups in total. The Morgan fingerprint density at radius 1 is 0.361 bits per heavy atom. The zero-order valence-electron chi connectivity index (χ0n) is 64.3. The third kappa shape index (κ3) is 10.2. The third-order valence-electron chi connectivity index (χ3n) is 24.0. The van der Waals surface area contributed by atoms with Gasteiger partial charge in [-0.3, -0.25) is 4.68 Å². The van der Waals surface area contributed by atoms with Crippen molar-refractivity contribution in [2.24, 2.45) is 0 Å². The monoisotopic (exact) mass is 1590 g/mol. The van der Waals surface area contributed by atoms with Gasteiger partial charge in [0.25, 0.3) is 0 Å². The molecule has 540 valence electrons. The molecule has 0 atom stereocenters. The van der Waals surface area contributed by atoms with Crippen molar-refractivity contribution in [1.82, 2.24) is 38.4 Å². The second kappa shape index (κ2) is 24.2. The fourth-order valence-electron chi connectivity index (χ4n) is 17.9. The van der Waals surface area contributed by atoms with Gasteiger partial charge in [-0.2, -0.15) is 29.4 Å². The topological polar surface area (TPSA) is 77.8 Å². The zero-order valence-corrected chi connectivity index (χ0v) is 67.4. The Kier molecular flexibility index (Phi) is 15.9. The largest absolute Gasteiger partial charge is 2.00 e. The summed E-state index contributed by atoms with van der Waals surface area (Å²) in [5, 5.41) is 11.7. The number of pyridine rings is 3. The number of para-hydroxylation sites is 2. The summed E-state index contributed by atoms with van der Waals surface area (Å²) >= 11 is 0. The van der Waals surface area contributed by atoms with Gasteiger partial charge in [0.05, 0.1) is 11.2 Å². The summed E-state index contributed by atoms with van der Waals surface area (Å²) in [6, 6.07) is 82.3. The normalized spacial score (nSPS) is 15.2. The molecule has 0 unspecified atom stereocenters. The van der Waals surface area contributed by atoms with Gasteiger partial charge in [-0.25, -0.2) is 15.0 Å². The van der Waals surface area contributed by atoms with Gasteiger partial charge >= 0.3 is 40.8 Å². The Balaban J connectivity index is 0.000000164. The Labute approximate surface area is 660 Å². The van der Waals surface area contributed by atoms with Crippen LogP contribution in [0.1, 0.15) is 179 Å². The van der Waals surface area contributed by atoms with Crippen LogP contribution < -0.4 is 9.80 Å². The number of anilines is 6. The molecule has 4 aliphatic heterocycles. The van der Waals surface area contributed by atoms with Crippen LogP contribution in [-0.2, 0) is 78.8 Å². The predicted octanol–water partition coefficient (Wildman–Crippen LogP) is 23.6. The van der Waals surface area contributed by atoms with Crippen LogP contribution >= 0.6 is 0 Å². The van der Waals surface area contributed by atoms with Crippen molar-refractivity contribution >= 4 is 99.8 Å². The number of hydrogen-bond donors (Lipinski definition) is 0. The van der Waals surface area contributed by atoms with Gasteiger partial charge in [0.1, 0.15) is 17.3 Å².